The highest BCUT2D eigenvalue weighted by Gasteiger charge is 2.25. The predicted octanol–water partition coefficient (Wildman–Crippen LogP) is 0.579. The molecule has 2 atom stereocenters. The highest BCUT2D eigenvalue weighted by atomic mass is 15.2. The van der Waals surface area contributed by atoms with Gasteiger partial charge >= 0.3 is 0 Å². The van der Waals surface area contributed by atoms with Crippen LogP contribution in [0.1, 0.15) is 19.2 Å². The average Bonchev–Trinajstić information content (AvgIpc) is 2.75. The zero-order chi connectivity index (χ0) is 9.97. The van der Waals surface area contributed by atoms with E-state index in [1.54, 1.807) is 6.20 Å². The molecule has 2 heterocycles. The lowest BCUT2D eigenvalue weighted by molar-refractivity contribution is 0.302. The maximum atomic E-state index is 5.88. The monoisotopic (exact) mass is 194 g/mol. The van der Waals surface area contributed by atoms with E-state index in [1.165, 1.54) is 6.42 Å². The van der Waals surface area contributed by atoms with Crippen LogP contribution in [0.5, 0.6) is 0 Å². The van der Waals surface area contributed by atoms with E-state index < -0.39 is 0 Å². The van der Waals surface area contributed by atoms with E-state index >= 15 is 0 Å². The summed E-state index contributed by atoms with van der Waals surface area (Å²) in [6.45, 7) is 5.28. The number of likely N-dealkylation sites (tertiary alicyclic amines) is 1. The van der Waals surface area contributed by atoms with Crippen molar-refractivity contribution in [2.24, 2.45) is 11.7 Å². The SMILES string of the molecule is CC(N)C1CCN(Cc2ncc[nH]2)C1. The van der Waals surface area contributed by atoms with E-state index in [9.17, 15) is 0 Å². The van der Waals surface area contributed by atoms with Gasteiger partial charge in [-0.25, -0.2) is 4.98 Å². The second-order valence-electron chi connectivity index (χ2n) is 4.18. The zero-order valence-electron chi connectivity index (χ0n) is 8.61. The number of hydrogen-bond acceptors (Lipinski definition) is 3. The molecule has 0 radical (unpaired) electrons. The second-order valence-corrected chi connectivity index (χ2v) is 4.18. The van der Waals surface area contributed by atoms with Gasteiger partial charge in [0.25, 0.3) is 0 Å². The number of nitrogens with one attached hydrogen (secondary N) is 1. The third-order valence-electron chi connectivity index (χ3n) is 2.98. The maximum Gasteiger partial charge on any atom is 0.120 e. The molecule has 0 saturated carbocycles. The number of imidazole rings is 1. The van der Waals surface area contributed by atoms with Crippen molar-refractivity contribution >= 4 is 0 Å². The van der Waals surface area contributed by atoms with Crippen LogP contribution in [0, 0.1) is 5.92 Å². The summed E-state index contributed by atoms with van der Waals surface area (Å²) in [7, 11) is 0. The van der Waals surface area contributed by atoms with Gasteiger partial charge in [-0.2, -0.15) is 0 Å². The normalized spacial score (nSPS) is 25.4. The summed E-state index contributed by atoms with van der Waals surface area (Å²) in [4.78, 5) is 9.75. The van der Waals surface area contributed by atoms with Crippen molar-refractivity contribution in [1.29, 1.82) is 0 Å². The Labute approximate surface area is 84.5 Å². The average molecular weight is 194 g/mol. The van der Waals surface area contributed by atoms with E-state index in [-0.39, 0.29) is 0 Å². The summed E-state index contributed by atoms with van der Waals surface area (Å²) in [6.07, 6.45) is 4.89. The van der Waals surface area contributed by atoms with Crippen LogP contribution in [0.2, 0.25) is 0 Å². The van der Waals surface area contributed by atoms with Gasteiger partial charge in [0, 0.05) is 25.0 Å². The lowest BCUT2D eigenvalue weighted by atomic mass is 10.0. The number of aromatic nitrogens is 2. The highest BCUT2D eigenvalue weighted by molar-refractivity contribution is 4.89. The molecular weight excluding hydrogens is 176 g/mol. The molecule has 0 aromatic carbocycles. The minimum atomic E-state index is 0.316. The van der Waals surface area contributed by atoms with E-state index in [1.807, 2.05) is 6.20 Å². The zero-order valence-corrected chi connectivity index (χ0v) is 8.61. The Balaban J connectivity index is 1.84. The van der Waals surface area contributed by atoms with Crippen molar-refractivity contribution in [1.82, 2.24) is 14.9 Å². The Morgan fingerprint density at radius 3 is 3.21 bits per heavy atom. The third kappa shape index (κ3) is 2.13. The summed E-state index contributed by atoms with van der Waals surface area (Å²) in [6, 6.07) is 0.316. The molecule has 3 N–H and O–H groups in total. The quantitative estimate of drug-likeness (QED) is 0.740. The minimum absolute atomic E-state index is 0.316. The molecule has 0 aliphatic carbocycles. The Hall–Kier alpha value is -0.870. The molecule has 2 rings (SSSR count). The van der Waals surface area contributed by atoms with Crippen molar-refractivity contribution in [3.8, 4) is 0 Å². The fourth-order valence-corrected chi connectivity index (χ4v) is 2.03. The Morgan fingerprint density at radius 2 is 2.64 bits per heavy atom. The van der Waals surface area contributed by atoms with Crippen LogP contribution in [0.3, 0.4) is 0 Å². The van der Waals surface area contributed by atoms with Crippen LogP contribution in [0.15, 0.2) is 12.4 Å². The van der Waals surface area contributed by atoms with E-state index in [0.717, 1.165) is 25.5 Å². The summed E-state index contributed by atoms with van der Waals surface area (Å²) in [5, 5.41) is 0. The van der Waals surface area contributed by atoms with Crippen molar-refractivity contribution in [2.45, 2.75) is 25.9 Å². The Bertz CT molecular complexity index is 268. The summed E-state index contributed by atoms with van der Waals surface area (Å²) in [5.41, 5.74) is 5.88. The van der Waals surface area contributed by atoms with Gasteiger partial charge in [0.05, 0.1) is 6.54 Å². The molecule has 1 aromatic heterocycles. The molecule has 1 aromatic rings. The lowest BCUT2D eigenvalue weighted by Gasteiger charge is -2.16. The van der Waals surface area contributed by atoms with Crippen LogP contribution < -0.4 is 5.73 Å². The molecule has 1 saturated heterocycles. The Morgan fingerprint density at radius 1 is 1.79 bits per heavy atom. The predicted molar refractivity (Wildman–Crippen MR) is 55.6 cm³/mol. The van der Waals surface area contributed by atoms with Gasteiger partial charge in [-0.1, -0.05) is 0 Å². The van der Waals surface area contributed by atoms with Crippen LogP contribution in [0.25, 0.3) is 0 Å². The largest absolute Gasteiger partial charge is 0.348 e. The molecule has 14 heavy (non-hydrogen) atoms. The van der Waals surface area contributed by atoms with Gasteiger partial charge in [-0.05, 0) is 25.8 Å². The number of rotatable bonds is 3. The standard InChI is InChI=1S/C10H18N4/c1-8(11)9-2-5-14(6-9)7-10-12-3-4-13-10/h3-4,8-9H,2,5-7,11H2,1H3,(H,12,13). The molecule has 0 spiro atoms. The summed E-state index contributed by atoms with van der Waals surface area (Å²) in [5.74, 6) is 1.71. The molecule has 1 aliphatic heterocycles. The van der Waals surface area contributed by atoms with Crippen molar-refractivity contribution < 1.29 is 0 Å². The fraction of sp³-hybridized carbons (Fsp3) is 0.700. The fourth-order valence-electron chi connectivity index (χ4n) is 2.03. The first-order valence-corrected chi connectivity index (χ1v) is 5.22. The molecule has 0 amide bonds. The van der Waals surface area contributed by atoms with E-state index in [2.05, 4.69) is 21.8 Å². The molecule has 1 aliphatic rings. The second kappa shape index (κ2) is 4.11. The maximum absolute atomic E-state index is 5.88. The first kappa shape index (κ1) is 9.68. The van der Waals surface area contributed by atoms with E-state index in [4.69, 9.17) is 5.73 Å². The molecule has 2 unspecified atom stereocenters. The third-order valence-corrected chi connectivity index (χ3v) is 2.98. The van der Waals surface area contributed by atoms with Crippen LogP contribution >= 0.6 is 0 Å². The van der Waals surface area contributed by atoms with E-state index in [0.29, 0.717) is 12.0 Å². The smallest absolute Gasteiger partial charge is 0.120 e. The highest BCUT2D eigenvalue weighted by Crippen LogP contribution is 2.19. The van der Waals surface area contributed by atoms with Gasteiger partial charge in [0.1, 0.15) is 5.82 Å². The minimum Gasteiger partial charge on any atom is -0.348 e. The number of nitrogens with zero attached hydrogens (tertiary/aromatic N) is 2. The van der Waals surface area contributed by atoms with Crippen LogP contribution in [0.4, 0.5) is 0 Å². The first-order valence-electron chi connectivity index (χ1n) is 5.22. The number of nitrogens with two attached hydrogens (primary N) is 1. The van der Waals surface area contributed by atoms with Crippen LogP contribution in [-0.2, 0) is 6.54 Å². The number of H-pyrrole nitrogens is 1. The van der Waals surface area contributed by atoms with Crippen LogP contribution in [-0.4, -0.2) is 34.0 Å². The molecule has 0 bridgehead atoms. The number of hydrogen-bond donors (Lipinski definition) is 2. The molecule has 4 heteroatoms. The topological polar surface area (TPSA) is 57.9 Å². The van der Waals surface area contributed by atoms with Crippen molar-refractivity contribution in [3.05, 3.63) is 18.2 Å². The Kier molecular flexibility index (Phi) is 2.84. The first-order chi connectivity index (χ1) is 6.75. The lowest BCUT2D eigenvalue weighted by Crippen LogP contribution is -2.29. The molecular formula is C10H18N4. The van der Waals surface area contributed by atoms with Crippen molar-refractivity contribution in [2.75, 3.05) is 13.1 Å². The van der Waals surface area contributed by atoms with Gasteiger partial charge < -0.3 is 10.7 Å². The number of aromatic amines is 1. The van der Waals surface area contributed by atoms with Gasteiger partial charge in [0.2, 0.25) is 0 Å². The molecule has 1 fully saturated rings. The van der Waals surface area contributed by atoms with Gasteiger partial charge in [-0.15, -0.1) is 0 Å². The summed E-state index contributed by atoms with van der Waals surface area (Å²) >= 11 is 0. The van der Waals surface area contributed by atoms with Gasteiger partial charge in [-0.3, -0.25) is 4.90 Å². The van der Waals surface area contributed by atoms with Crippen molar-refractivity contribution in [3.63, 3.8) is 0 Å². The summed E-state index contributed by atoms with van der Waals surface area (Å²) < 4.78 is 0. The molecule has 4 nitrogen and oxygen atoms in total. The van der Waals surface area contributed by atoms with Gasteiger partial charge in [0.15, 0.2) is 0 Å². The molecule has 78 valence electrons.